The fourth-order valence-electron chi connectivity index (χ4n) is 2.90. The Morgan fingerprint density at radius 2 is 1.96 bits per heavy atom. The second-order valence-electron chi connectivity index (χ2n) is 7.04. The lowest BCUT2D eigenvalue weighted by atomic mass is 10.2. The number of nitrogens with zero attached hydrogens (tertiary/aromatic N) is 3. The third-order valence-corrected chi connectivity index (χ3v) is 5.19. The molecule has 0 atom stereocenters. The minimum atomic E-state index is -0.710. The minimum Gasteiger partial charge on any atom is -0.383 e. The summed E-state index contributed by atoms with van der Waals surface area (Å²) in [5.74, 6) is -0.404. The van der Waals surface area contributed by atoms with E-state index in [9.17, 15) is 14.4 Å². The molecule has 2 heterocycles. The van der Waals surface area contributed by atoms with Gasteiger partial charge in [0.1, 0.15) is 16.7 Å². The summed E-state index contributed by atoms with van der Waals surface area (Å²) in [4.78, 5) is 41.6. The third-order valence-electron chi connectivity index (χ3n) is 4.35. The van der Waals surface area contributed by atoms with Crippen LogP contribution in [0.5, 0.6) is 0 Å². The zero-order chi connectivity index (χ0) is 21.2. The number of nitrogen functional groups attached to an aromatic ring is 1. The number of H-pyrrole nitrogens is 1. The van der Waals surface area contributed by atoms with Crippen LogP contribution in [-0.4, -0.2) is 26.6 Å². The van der Waals surface area contributed by atoms with E-state index in [0.29, 0.717) is 13.0 Å². The molecule has 154 valence electrons. The molecule has 0 saturated heterocycles. The molecular formula is C18H25Cl2N5O3. The van der Waals surface area contributed by atoms with Crippen LogP contribution in [-0.2, 0) is 13.6 Å². The summed E-state index contributed by atoms with van der Waals surface area (Å²) in [6.45, 7) is 6.37. The smallest absolute Gasteiger partial charge is 0.330 e. The van der Waals surface area contributed by atoms with Crippen molar-refractivity contribution < 1.29 is 4.79 Å². The number of rotatable bonds is 7. The first kappa shape index (κ1) is 22.1. The number of hydrogen-bond acceptors (Lipinski definition) is 4. The fraction of sp³-hybridized carbons (Fsp3) is 0.500. The Morgan fingerprint density at radius 1 is 1.32 bits per heavy atom. The van der Waals surface area contributed by atoms with Crippen LogP contribution < -0.4 is 21.9 Å². The molecule has 3 N–H and O–H groups in total. The Kier molecular flexibility index (Phi) is 7.01. The number of amides is 1. The number of aromatic amines is 1. The molecule has 0 aromatic carbocycles. The highest BCUT2D eigenvalue weighted by Gasteiger charge is 2.27. The van der Waals surface area contributed by atoms with Gasteiger partial charge < -0.3 is 10.3 Å². The van der Waals surface area contributed by atoms with Crippen molar-refractivity contribution in [2.75, 3.05) is 17.2 Å². The number of aromatic nitrogens is 3. The van der Waals surface area contributed by atoms with E-state index in [1.165, 1.54) is 20.1 Å². The normalized spacial score (nSPS) is 11.2. The van der Waals surface area contributed by atoms with Gasteiger partial charge in [0.2, 0.25) is 0 Å². The number of nitrogens with one attached hydrogen (secondary N) is 1. The van der Waals surface area contributed by atoms with E-state index in [4.69, 9.17) is 28.9 Å². The van der Waals surface area contributed by atoms with Crippen molar-refractivity contribution in [3.05, 3.63) is 42.8 Å². The van der Waals surface area contributed by atoms with Crippen LogP contribution in [0.4, 0.5) is 11.5 Å². The fourth-order valence-corrected chi connectivity index (χ4v) is 3.28. The molecule has 1 amide bonds. The topological polar surface area (TPSA) is 106 Å². The number of hydrogen-bond donors (Lipinski definition) is 2. The van der Waals surface area contributed by atoms with Crippen LogP contribution in [0.2, 0.25) is 10.2 Å². The standard InChI is InChI=1S/C18H25Cl2N5O3/c1-5-6-7-24(17(27)12-8-11(19)14(20)23(12)4)13-15(21)25(9-10(2)3)18(28)22-16(13)26/h8,10H,5-7,9,21H2,1-4H3,(H,22,26,28). The highest BCUT2D eigenvalue weighted by Crippen LogP contribution is 2.28. The van der Waals surface area contributed by atoms with E-state index in [-0.39, 0.29) is 39.8 Å². The molecule has 2 aromatic heterocycles. The maximum atomic E-state index is 13.3. The molecule has 0 aliphatic rings. The SMILES string of the molecule is CCCCN(C(=O)c1cc(Cl)c(Cl)n1C)c1c(N)n(CC(C)C)c(=O)[nH]c1=O. The van der Waals surface area contributed by atoms with Gasteiger partial charge >= 0.3 is 5.69 Å². The van der Waals surface area contributed by atoms with E-state index < -0.39 is 17.2 Å². The van der Waals surface area contributed by atoms with E-state index in [2.05, 4.69) is 4.98 Å². The van der Waals surface area contributed by atoms with Crippen LogP contribution >= 0.6 is 23.2 Å². The number of carbonyl (C=O) groups is 1. The first-order valence-electron chi connectivity index (χ1n) is 9.05. The van der Waals surface area contributed by atoms with Crippen molar-refractivity contribution in [2.45, 2.75) is 40.2 Å². The summed E-state index contributed by atoms with van der Waals surface area (Å²) in [6, 6.07) is 1.44. The highest BCUT2D eigenvalue weighted by atomic mass is 35.5. The highest BCUT2D eigenvalue weighted by molar-refractivity contribution is 6.42. The molecule has 8 nitrogen and oxygen atoms in total. The van der Waals surface area contributed by atoms with E-state index in [1.54, 1.807) is 7.05 Å². The van der Waals surface area contributed by atoms with Gasteiger partial charge in [-0.2, -0.15) is 0 Å². The number of nitrogens with two attached hydrogens (primary N) is 1. The Labute approximate surface area is 172 Å². The monoisotopic (exact) mass is 429 g/mol. The molecule has 0 spiro atoms. The molecule has 0 fully saturated rings. The number of unbranched alkanes of at least 4 members (excludes halogenated alkanes) is 1. The number of halogens is 2. The van der Waals surface area contributed by atoms with Crippen molar-refractivity contribution in [3.63, 3.8) is 0 Å². The summed E-state index contributed by atoms with van der Waals surface area (Å²) < 4.78 is 2.72. The van der Waals surface area contributed by atoms with Gasteiger partial charge in [0.15, 0.2) is 5.69 Å². The van der Waals surface area contributed by atoms with E-state index >= 15 is 0 Å². The predicted octanol–water partition coefficient (Wildman–Crippen LogP) is 2.87. The third kappa shape index (κ3) is 4.28. The molecule has 28 heavy (non-hydrogen) atoms. The summed E-state index contributed by atoms with van der Waals surface area (Å²) >= 11 is 12.1. The van der Waals surface area contributed by atoms with Gasteiger partial charge in [0.05, 0.1) is 5.02 Å². The van der Waals surface area contributed by atoms with Gasteiger partial charge in [0.25, 0.3) is 11.5 Å². The first-order valence-corrected chi connectivity index (χ1v) is 9.80. The van der Waals surface area contributed by atoms with Gasteiger partial charge in [-0.3, -0.25) is 24.0 Å². The molecule has 2 aromatic rings. The average Bonchev–Trinajstić information content (AvgIpc) is 2.88. The summed E-state index contributed by atoms with van der Waals surface area (Å²) in [5, 5.41) is 0.446. The van der Waals surface area contributed by atoms with Crippen molar-refractivity contribution in [3.8, 4) is 0 Å². The second kappa shape index (κ2) is 8.87. The van der Waals surface area contributed by atoms with Gasteiger partial charge in [-0.15, -0.1) is 0 Å². The van der Waals surface area contributed by atoms with Gasteiger partial charge in [-0.05, 0) is 18.4 Å². The van der Waals surface area contributed by atoms with Crippen LogP contribution in [0.1, 0.15) is 44.1 Å². The first-order chi connectivity index (χ1) is 13.1. The largest absolute Gasteiger partial charge is 0.383 e. The van der Waals surface area contributed by atoms with E-state index in [0.717, 1.165) is 6.42 Å². The lowest BCUT2D eigenvalue weighted by Gasteiger charge is -2.25. The Balaban J connectivity index is 2.66. The molecule has 0 aliphatic carbocycles. The number of anilines is 2. The Morgan fingerprint density at radius 3 is 2.46 bits per heavy atom. The van der Waals surface area contributed by atoms with Crippen molar-refractivity contribution in [1.82, 2.24) is 14.1 Å². The summed E-state index contributed by atoms with van der Waals surface area (Å²) in [5.41, 5.74) is 5.04. The molecule has 0 saturated carbocycles. The average molecular weight is 430 g/mol. The van der Waals surface area contributed by atoms with Crippen molar-refractivity contribution in [1.29, 1.82) is 0 Å². The van der Waals surface area contributed by atoms with Crippen LogP contribution in [0.15, 0.2) is 15.7 Å². The maximum absolute atomic E-state index is 13.3. The van der Waals surface area contributed by atoms with Crippen LogP contribution in [0, 0.1) is 5.92 Å². The molecule has 2 rings (SSSR count). The molecular weight excluding hydrogens is 405 g/mol. The van der Waals surface area contributed by atoms with Gasteiger partial charge in [-0.1, -0.05) is 50.4 Å². The zero-order valence-electron chi connectivity index (χ0n) is 16.4. The molecule has 10 heteroatoms. The molecule has 0 radical (unpaired) electrons. The number of carbonyl (C=O) groups excluding carboxylic acids is 1. The molecule has 0 aliphatic heterocycles. The van der Waals surface area contributed by atoms with Crippen LogP contribution in [0.3, 0.4) is 0 Å². The Hall–Kier alpha value is -2.19. The molecule has 0 unspecified atom stereocenters. The zero-order valence-corrected chi connectivity index (χ0v) is 17.9. The van der Waals surface area contributed by atoms with Crippen molar-refractivity contribution in [2.24, 2.45) is 13.0 Å². The second-order valence-corrected chi connectivity index (χ2v) is 7.80. The lowest BCUT2D eigenvalue weighted by molar-refractivity contribution is 0.0978. The lowest BCUT2D eigenvalue weighted by Crippen LogP contribution is -2.42. The van der Waals surface area contributed by atoms with E-state index in [1.807, 2.05) is 20.8 Å². The Bertz CT molecular complexity index is 990. The van der Waals surface area contributed by atoms with Crippen LogP contribution in [0.25, 0.3) is 0 Å². The summed E-state index contributed by atoms with van der Waals surface area (Å²) in [7, 11) is 1.60. The minimum absolute atomic E-state index is 0.0432. The summed E-state index contributed by atoms with van der Waals surface area (Å²) in [6.07, 6.45) is 1.43. The van der Waals surface area contributed by atoms with Crippen molar-refractivity contribution >= 4 is 40.6 Å². The molecule has 0 bridgehead atoms. The van der Waals surface area contributed by atoms with Gasteiger partial charge in [0, 0.05) is 20.1 Å². The predicted molar refractivity (Wildman–Crippen MR) is 113 cm³/mol. The maximum Gasteiger partial charge on any atom is 0.330 e. The quantitative estimate of drug-likeness (QED) is 0.705. The van der Waals surface area contributed by atoms with Gasteiger partial charge in [-0.25, -0.2) is 4.79 Å².